The number of hydrogen-bond donors (Lipinski definition) is 3. The van der Waals surface area contributed by atoms with E-state index in [9.17, 15) is 24.6 Å². The highest BCUT2D eigenvalue weighted by Gasteiger charge is 2.70. The monoisotopic (exact) mass is 781 g/mol. The van der Waals surface area contributed by atoms with E-state index in [-0.39, 0.29) is 53.4 Å². The van der Waals surface area contributed by atoms with E-state index in [0.29, 0.717) is 39.6 Å². The summed E-state index contributed by atoms with van der Waals surface area (Å²) < 4.78 is 11.1. The zero-order valence-electron chi connectivity index (χ0n) is 29.9. The smallest absolute Gasteiger partial charge is 0.260 e. The molecule has 0 spiro atoms. The lowest BCUT2D eigenvalue weighted by atomic mass is 9.49. The Morgan fingerprint density at radius 3 is 2.22 bits per heavy atom. The minimum atomic E-state index is -1.64. The van der Waals surface area contributed by atoms with Gasteiger partial charge in [-0.1, -0.05) is 59.1 Å². The van der Waals surface area contributed by atoms with Crippen LogP contribution in [0.2, 0.25) is 10.0 Å². The number of halogens is 2. The van der Waals surface area contributed by atoms with Crippen LogP contribution in [-0.4, -0.2) is 64.5 Å². The fourth-order valence-electron chi connectivity index (χ4n) is 9.27. The lowest BCUT2D eigenvalue weighted by molar-refractivity contribution is -0.141. The van der Waals surface area contributed by atoms with E-state index in [2.05, 4.69) is 5.43 Å². The summed E-state index contributed by atoms with van der Waals surface area (Å²) >= 11 is 12.7. The van der Waals surface area contributed by atoms with Gasteiger partial charge in [0.2, 0.25) is 11.8 Å². The molecular formula is C42H37Cl2N3O8. The number of likely N-dealkylation sites (tertiary alicyclic amines) is 1. The molecule has 13 heteroatoms. The van der Waals surface area contributed by atoms with Crippen LogP contribution in [-0.2, 0) is 31.0 Å². The Morgan fingerprint density at radius 2 is 1.53 bits per heavy atom. The molecule has 4 aliphatic rings. The lowest BCUT2D eigenvalue weighted by Crippen LogP contribution is -2.53. The minimum Gasteiger partial charge on any atom is -0.508 e. The number of allylic oxidation sites excluding steroid dienone is 2. The first-order valence-electron chi connectivity index (χ1n) is 17.9. The Labute approximate surface area is 327 Å². The number of imide groups is 2. The highest BCUT2D eigenvalue weighted by molar-refractivity contribution is 6.36. The molecule has 2 aliphatic carbocycles. The molecule has 4 amide bonds. The van der Waals surface area contributed by atoms with Crippen molar-refractivity contribution in [2.45, 2.75) is 30.6 Å². The fraction of sp³-hybridized carbons (Fsp3) is 0.286. The quantitative estimate of drug-likeness (QED) is 0.126. The summed E-state index contributed by atoms with van der Waals surface area (Å²) in [4.78, 5) is 60.1. The Kier molecular flexibility index (Phi) is 9.25. The maximum atomic E-state index is 15.4. The molecule has 55 heavy (non-hydrogen) atoms. The van der Waals surface area contributed by atoms with Crippen molar-refractivity contribution in [1.29, 1.82) is 0 Å². The molecule has 3 fully saturated rings. The molecule has 3 N–H and O–H groups in total. The molecular weight excluding hydrogens is 745 g/mol. The Hall–Kier alpha value is -5.52. The highest BCUT2D eigenvalue weighted by Crippen LogP contribution is 2.65. The Balaban J connectivity index is 1.28. The molecule has 4 aromatic rings. The third-order valence-electron chi connectivity index (χ3n) is 11.8. The number of anilines is 1. The van der Waals surface area contributed by atoms with Gasteiger partial charge < -0.3 is 19.7 Å². The number of amides is 4. The van der Waals surface area contributed by atoms with E-state index >= 15 is 4.79 Å². The van der Waals surface area contributed by atoms with Gasteiger partial charge in [0.05, 0.1) is 48.1 Å². The predicted octanol–water partition coefficient (Wildman–Crippen LogP) is 6.65. The number of benzene rings is 4. The van der Waals surface area contributed by atoms with Crippen LogP contribution in [0.15, 0.2) is 96.6 Å². The zero-order chi connectivity index (χ0) is 38.8. The van der Waals surface area contributed by atoms with Gasteiger partial charge in [0.1, 0.15) is 23.0 Å². The van der Waals surface area contributed by atoms with E-state index in [1.807, 2.05) is 6.08 Å². The molecule has 1 saturated carbocycles. The standard InChI is InChI=1S/C42H37Cl2N3O8/c1-54-26-10-5-23(6-11-26)42-32(39(51)47(41(42)53)45-34-15-7-24(43)19-33(34)44)21-30-28(37(42)31-20-27(55-2)12-16-35(31)49)13-14-29-36(30)40(52)46(38(29)50)18-17-22-3-8-25(48)9-4-22/h3-13,15-16,19-20,29-30,32,36-37,45,48-49H,14,17-18,21H2,1-2H3. The number of phenolic OH excluding ortho intramolecular Hbond substituents is 2. The number of hydrazine groups is 1. The topological polar surface area (TPSA) is 146 Å². The first kappa shape index (κ1) is 36.5. The average molecular weight is 783 g/mol. The second kappa shape index (κ2) is 14.0. The van der Waals surface area contributed by atoms with Crippen molar-refractivity contribution in [3.8, 4) is 23.0 Å². The number of phenols is 2. The van der Waals surface area contributed by atoms with Crippen molar-refractivity contribution >= 4 is 52.5 Å². The number of aromatic hydroxyl groups is 2. The lowest BCUT2D eigenvalue weighted by Gasteiger charge is -2.50. The van der Waals surface area contributed by atoms with Gasteiger partial charge in [-0.25, -0.2) is 0 Å². The van der Waals surface area contributed by atoms with Crippen LogP contribution in [0.4, 0.5) is 5.69 Å². The number of nitrogens with one attached hydrogen (secondary N) is 1. The Bertz CT molecular complexity index is 2260. The number of fused-ring (bicyclic) bond motifs is 4. The maximum Gasteiger partial charge on any atom is 0.260 e. The zero-order valence-corrected chi connectivity index (χ0v) is 31.4. The summed E-state index contributed by atoms with van der Waals surface area (Å²) in [6, 6.07) is 23.0. The van der Waals surface area contributed by atoms with Crippen molar-refractivity contribution in [2.75, 3.05) is 26.2 Å². The van der Waals surface area contributed by atoms with Gasteiger partial charge in [-0.2, -0.15) is 5.01 Å². The van der Waals surface area contributed by atoms with E-state index in [1.54, 1.807) is 72.8 Å². The number of carbonyl (C=O) groups excluding carboxylic acids is 4. The average Bonchev–Trinajstić information content (AvgIpc) is 3.56. The molecule has 4 aromatic carbocycles. The molecule has 2 saturated heterocycles. The fourth-order valence-corrected chi connectivity index (χ4v) is 9.72. The molecule has 2 heterocycles. The van der Waals surface area contributed by atoms with Gasteiger partial charge in [-0.3, -0.25) is 29.5 Å². The minimum absolute atomic E-state index is 0.0716. The SMILES string of the molecule is COc1ccc(C23C(=O)N(Nc4ccc(Cl)cc4Cl)C(=O)C2CC2C(=CCC4C(=O)N(CCc5ccc(O)cc5)C(=O)C42)C3c2cc(OC)ccc2O)cc1. The van der Waals surface area contributed by atoms with Crippen LogP contribution >= 0.6 is 23.2 Å². The van der Waals surface area contributed by atoms with E-state index < -0.39 is 46.8 Å². The van der Waals surface area contributed by atoms with Gasteiger partial charge in [0.15, 0.2) is 0 Å². The number of methoxy groups -OCH3 is 2. The molecule has 282 valence electrons. The molecule has 0 bridgehead atoms. The summed E-state index contributed by atoms with van der Waals surface area (Å²) in [5.41, 5.74) is 3.98. The second-order valence-electron chi connectivity index (χ2n) is 14.4. The molecule has 0 aromatic heterocycles. The number of hydrogen-bond acceptors (Lipinski definition) is 9. The van der Waals surface area contributed by atoms with E-state index in [1.165, 1.54) is 31.3 Å². The maximum absolute atomic E-state index is 15.4. The van der Waals surface area contributed by atoms with Crippen LogP contribution in [0.3, 0.4) is 0 Å². The summed E-state index contributed by atoms with van der Waals surface area (Å²) in [6.45, 7) is 0.147. The van der Waals surface area contributed by atoms with Crippen molar-refractivity contribution in [1.82, 2.24) is 9.91 Å². The van der Waals surface area contributed by atoms with Gasteiger partial charge in [0, 0.05) is 23.0 Å². The summed E-state index contributed by atoms with van der Waals surface area (Å²) in [6.07, 6.45) is 2.62. The van der Waals surface area contributed by atoms with Crippen LogP contribution in [0.5, 0.6) is 23.0 Å². The first-order valence-corrected chi connectivity index (χ1v) is 18.7. The van der Waals surface area contributed by atoms with Crippen molar-refractivity contribution in [3.05, 3.63) is 123 Å². The van der Waals surface area contributed by atoms with Crippen molar-refractivity contribution < 1.29 is 38.9 Å². The van der Waals surface area contributed by atoms with Gasteiger partial charge in [-0.05, 0) is 97.0 Å². The summed E-state index contributed by atoms with van der Waals surface area (Å²) in [5.74, 6) is -4.95. The second-order valence-corrected chi connectivity index (χ2v) is 15.2. The summed E-state index contributed by atoms with van der Waals surface area (Å²) in [7, 11) is 3.02. The van der Waals surface area contributed by atoms with Gasteiger partial charge in [-0.15, -0.1) is 0 Å². The van der Waals surface area contributed by atoms with Crippen molar-refractivity contribution in [2.24, 2.45) is 23.7 Å². The first-order chi connectivity index (χ1) is 26.5. The van der Waals surface area contributed by atoms with Crippen LogP contribution < -0.4 is 14.9 Å². The number of ether oxygens (including phenoxy) is 2. The molecule has 6 atom stereocenters. The van der Waals surface area contributed by atoms with Crippen LogP contribution in [0.25, 0.3) is 0 Å². The predicted molar refractivity (Wildman–Crippen MR) is 204 cm³/mol. The highest BCUT2D eigenvalue weighted by atomic mass is 35.5. The largest absolute Gasteiger partial charge is 0.508 e. The number of carbonyl (C=O) groups is 4. The van der Waals surface area contributed by atoms with Crippen molar-refractivity contribution in [3.63, 3.8) is 0 Å². The van der Waals surface area contributed by atoms with E-state index in [0.717, 1.165) is 10.6 Å². The van der Waals surface area contributed by atoms with Gasteiger partial charge in [0.25, 0.3) is 11.8 Å². The Morgan fingerprint density at radius 1 is 0.818 bits per heavy atom. The number of nitrogens with zero attached hydrogens (tertiary/aromatic N) is 2. The molecule has 0 radical (unpaired) electrons. The molecule has 8 rings (SSSR count). The summed E-state index contributed by atoms with van der Waals surface area (Å²) in [5, 5.41) is 22.9. The van der Waals surface area contributed by atoms with Crippen LogP contribution in [0.1, 0.15) is 35.4 Å². The molecule has 6 unspecified atom stereocenters. The molecule has 2 aliphatic heterocycles. The van der Waals surface area contributed by atoms with E-state index in [4.69, 9.17) is 32.7 Å². The van der Waals surface area contributed by atoms with Crippen LogP contribution in [0, 0.1) is 23.7 Å². The van der Waals surface area contributed by atoms with Gasteiger partial charge >= 0.3 is 0 Å². The molecule has 11 nitrogen and oxygen atoms in total. The normalized spacial score (nSPS) is 25.7. The number of rotatable bonds is 9. The third kappa shape index (κ3) is 5.79. The third-order valence-corrected chi connectivity index (χ3v) is 12.3.